The Kier molecular flexibility index (Phi) is 6.85. The average molecular weight is 310 g/mol. The van der Waals surface area contributed by atoms with Gasteiger partial charge in [-0.1, -0.05) is 20.3 Å². The molecule has 0 aliphatic rings. The zero-order valence-corrected chi connectivity index (χ0v) is 13.0. The van der Waals surface area contributed by atoms with Crippen molar-refractivity contribution in [3.8, 4) is 11.5 Å². The Hall–Kier alpha value is -2.08. The molecule has 122 valence electrons. The minimum atomic E-state index is -1.12. The van der Waals surface area contributed by atoms with Gasteiger partial charge < -0.3 is 19.7 Å². The van der Waals surface area contributed by atoms with Crippen LogP contribution in [0.4, 0.5) is 0 Å². The molecule has 1 rings (SSSR count). The zero-order chi connectivity index (χ0) is 16.7. The summed E-state index contributed by atoms with van der Waals surface area (Å²) in [5.74, 6) is -1.09. The normalized spacial score (nSPS) is 13.3. The number of rotatable bonds is 8. The summed E-state index contributed by atoms with van der Waals surface area (Å²) < 4.78 is 10.7. The summed E-state index contributed by atoms with van der Waals surface area (Å²) in [6, 6.07) is 4.10. The molecule has 0 heterocycles. The third kappa shape index (κ3) is 5.73. The summed E-state index contributed by atoms with van der Waals surface area (Å²) >= 11 is 0. The summed E-state index contributed by atoms with van der Waals surface area (Å²) in [6.45, 7) is 5.95. The summed E-state index contributed by atoms with van der Waals surface area (Å²) in [4.78, 5) is 22.7. The van der Waals surface area contributed by atoms with Gasteiger partial charge in [0, 0.05) is 0 Å². The molecule has 1 aromatic rings. The first-order valence-electron chi connectivity index (χ1n) is 7.22. The number of carbonyl (C=O) groups excluding carboxylic acids is 1. The van der Waals surface area contributed by atoms with Gasteiger partial charge in [-0.05, 0) is 31.0 Å². The second-order valence-corrected chi connectivity index (χ2v) is 5.32. The lowest BCUT2D eigenvalue weighted by molar-refractivity contribution is -0.136. The van der Waals surface area contributed by atoms with E-state index in [1.54, 1.807) is 0 Å². The molecular weight excluding hydrogens is 288 g/mol. The van der Waals surface area contributed by atoms with Gasteiger partial charge in [-0.15, -0.1) is 0 Å². The van der Waals surface area contributed by atoms with Crippen LogP contribution in [0.5, 0.6) is 11.5 Å². The molecule has 0 bridgehead atoms. The molecule has 1 aromatic carbocycles. The molecule has 0 radical (unpaired) electrons. The van der Waals surface area contributed by atoms with Crippen LogP contribution in [0.2, 0.25) is 0 Å². The number of hydrogen-bond acceptors (Lipinski definition) is 5. The number of benzene rings is 1. The fraction of sp³-hybridized carbons (Fsp3) is 0.500. The quantitative estimate of drug-likeness (QED) is 0.566. The van der Waals surface area contributed by atoms with Crippen molar-refractivity contribution in [3.63, 3.8) is 0 Å². The van der Waals surface area contributed by atoms with E-state index in [0.717, 1.165) is 6.42 Å². The summed E-state index contributed by atoms with van der Waals surface area (Å²) in [6.07, 6.45) is -0.0773. The van der Waals surface area contributed by atoms with Crippen LogP contribution >= 0.6 is 0 Å². The maximum atomic E-state index is 11.7. The number of aromatic carboxylic acids is 1. The molecule has 0 aliphatic carbocycles. The number of aliphatic hydroxyl groups is 1. The minimum absolute atomic E-state index is 0.00395. The van der Waals surface area contributed by atoms with E-state index in [0.29, 0.717) is 18.3 Å². The van der Waals surface area contributed by atoms with Gasteiger partial charge in [0.05, 0.1) is 24.7 Å². The fourth-order valence-electron chi connectivity index (χ4n) is 1.60. The Labute approximate surface area is 129 Å². The number of carboxylic acids is 1. The number of aliphatic hydroxyl groups excluding tert-OH is 1. The van der Waals surface area contributed by atoms with Crippen LogP contribution in [0.15, 0.2) is 18.2 Å². The molecule has 6 nitrogen and oxygen atoms in total. The van der Waals surface area contributed by atoms with Gasteiger partial charge in [-0.3, -0.25) is 4.79 Å². The van der Waals surface area contributed by atoms with Crippen molar-refractivity contribution in [1.29, 1.82) is 0 Å². The summed E-state index contributed by atoms with van der Waals surface area (Å²) in [5.41, 5.74) is -0.00395. The fourth-order valence-corrected chi connectivity index (χ4v) is 1.60. The Morgan fingerprint density at radius 2 is 1.91 bits per heavy atom. The second-order valence-electron chi connectivity index (χ2n) is 5.32. The van der Waals surface area contributed by atoms with E-state index in [-0.39, 0.29) is 17.7 Å². The first kappa shape index (κ1) is 18.0. The predicted molar refractivity (Wildman–Crippen MR) is 80.3 cm³/mol. The summed E-state index contributed by atoms with van der Waals surface area (Å²) in [7, 11) is 0. The van der Waals surface area contributed by atoms with Gasteiger partial charge in [0.2, 0.25) is 0 Å². The van der Waals surface area contributed by atoms with E-state index >= 15 is 0 Å². The first-order valence-corrected chi connectivity index (χ1v) is 7.22. The van der Waals surface area contributed by atoms with Crippen LogP contribution < -0.4 is 9.47 Å². The van der Waals surface area contributed by atoms with Crippen molar-refractivity contribution in [1.82, 2.24) is 0 Å². The van der Waals surface area contributed by atoms with E-state index in [9.17, 15) is 14.7 Å². The predicted octanol–water partition coefficient (Wildman–Crippen LogP) is 2.49. The largest absolute Gasteiger partial charge is 0.489 e. The Bertz CT molecular complexity index is 523. The van der Waals surface area contributed by atoms with Crippen LogP contribution in [-0.4, -0.2) is 34.9 Å². The van der Waals surface area contributed by atoms with Crippen LogP contribution in [-0.2, 0) is 4.79 Å². The molecule has 2 unspecified atom stereocenters. The third-order valence-corrected chi connectivity index (χ3v) is 3.10. The molecule has 2 atom stereocenters. The van der Waals surface area contributed by atoms with Crippen LogP contribution in [0, 0.1) is 5.92 Å². The molecule has 2 N–H and O–H groups in total. The van der Waals surface area contributed by atoms with Crippen molar-refractivity contribution in [2.75, 3.05) is 6.61 Å². The molecule has 0 saturated heterocycles. The van der Waals surface area contributed by atoms with Gasteiger partial charge in [-0.2, -0.15) is 0 Å². The number of esters is 1. The first-order chi connectivity index (χ1) is 10.3. The number of carboxylic acid groups (broad SMARTS) is 1. The lowest BCUT2D eigenvalue weighted by atomic mass is 10.1. The SMILES string of the molecule is CCC(C)COc1ccc(C(=O)O)cc1OC(=O)CC(C)O. The van der Waals surface area contributed by atoms with Crippen LogP contribution in [0.25, 0.3) is 0 Å². The third-order valence-electron chi connectivity index (χ3n) is 3.10. The highest BCUT2D eigenvalue weighted by molar-refractivity contribution is 5.89. The van der Waals surface area contributed by atoms with Crippen molar-refractivity contribution in [2.24, 2.45) is 5.92 Å². The zero-order valence-electron chi connectivity index (χ0n) is 13.0. The number of ether oxygens (including phenoxy) is 2. The van der Waals surface area contributed by atoms with Crippen LogP contribution in [0.1, 0.15) is 44.0 Å². The van der Waals surface area contributed by atoms with E-state index in [2.05, 4.69) is 0 Å². The highest BCUT2D eigenvalue weighted by Gasteiger charge is 2.16. The van der Waals surface area contributed by atoms with Gasteiger partial charge in [0.1, 0.15) is 0 Å². The molecule has 0 aromatic heterocycles. The molecular formula is C16H22O6. The van der Waals surface area contributed by atoms with E-state index in [4.69, 9.17) is 14.6 Å². The topological polar surface area (TPSA) is 93.1 Å². The highest BCUT2D eigenvalue weighted by atomic mass is 16.6. The van der Waals surface area contributed by atoms with E-state index in [1.807, 2.05) is 13.8 Å². The van der Waals surface area contributed by atoms with Gasteiger partial charge in [0.15, 0.2) is 11.5 Å². The monoisotopic (exact) mass is 310 g/mol. The van der Waals surface area contributed by atoms with E-state index in [1.165, 1.54) is 25.1 Å². The second kappa shape index (κ2) is 8.38. The van der Waals surface area contributed by atoms with Crippen molar-refractivity contribution < 1.29 is 29.3 Å². The standard InChI is InChI=1S/C16H22O6/c1-4-10(2)9-21-13-6-5-12(16(19)20)8-14(13)22-15(18)7-11(3)17/h5-6,8,10-11,17H,4,7,9H2,1-3H3,(H,19,20). The Morgan fingerprint density at radius 1 is 1.23 bits per heavy atom. The van der Waals surface area contributed by atoms with Gasteiger partial charge >= 0.3 is 11.9 Å². The van der Waals surface area contributed by atoms with Crippen molar-refractivity contribution in [3.05, 3.63) is 23.8 Å². The number of carbonyl (C=O) groups is 2. The van der Waals surface area contributed by atoms with Gasteiger partial charge in [-0.25, -0.2) is 4.79 Å². The highest BCUT2D eigenvalue weighted by Crippen LogP contribution is 2.29. The summed E-state index contributed by atoms with van der Waals surface area (Å²) in [5, 5.41) is 18.2. The Morgan fingerprint density at radius 3 is 2.45 bits per heavy atom. The smallest absolute Gasteiger partial charge is 0.335 e. The molecule has 0 saturated carbocycles. The van der Waals surface area contributed by atoms with Crippen molar-refractivity contribution >= 4 is 11.9 Å². The maximum Gasteiger partial charge on any atom is 0.335 e. The molecule has 22 heavy (non-hydrogen) atoms. The molecule has 0 fully saturated rings. The molecule has 6 heteroatoms. The van der Waals surface area contributed by atoms with E-state index < -0.39 is 18.0 Å². The Balaban J connectivity index is 2.94. The molecule has 0 aliphatic heterocycles. The van der Waals surface area contributed by atoms with Crippen molar-refractivity contribution in [2.45, 2.75) is 39.7 Å². The number of hydrogen-bond donors (Lipinski definition) is 2. The molecule has 0 spiro atoms. The van der Waals surface area contributed by atoms with Gasteiger partial charge in [0.25, 0.3) is 0 Å². The minimum Gasteiger partial charge on any atom is -0.489 e. The maximum absolute atomic E-state index is 11.7. The molecule has 0 amide bonds. The average Bonchev–Trinajstić information content (AvgIpc) is 2.44. The van der Waals surface area contributed by atoms with Crippen LogP contribution in [0.3, 0.4) is 0 Å². The lowest BCUT2D eigenvalue weighted by Crippen LogP contribution is -2.16. The lowest BCUT2D eigenvalue weighted by Gasteiger charge is -2.15.